The molecule has 0 aromatic carbocycles. The van der Waals surface area contributed by atoms with Crippen LogP contribution < -0.4 is 10.1 Å². The van der Waals surface area contributed by atoms with Gasteiger partial charge in [0.05, 0.1) is 0 Å². The number of hydrogen-bond acceptors (Lipinski definition) is 6. The van der Waals surface area contributed by atoms with Crippen LogP contribution in [-0.4, -0.2) is 28.7 Å². The molecule has 0 fully saturated rings. The highest BCUT2D eigenvalue weighted by atomic mass is 32.1. The lowest BCUT2D eigenvalue weighted by molar-refractivity contribution is -0.118. The van der Waals surface area contributed by atoms with Crippen molar-refractivity contribution in [3.8, 4) is 5.75 Å². The Balaban J connectivity index is 1.97. The third-order valence-electron chi connectivity index (χ3n) is 2.55. The third kappa shape index (κ3) is 3.82. The van der Waals surface area contributed by atoms with Gasteiger partial charge in [-0.15, -0.1) is 11.3 Å². The van der Waals surface area contributed by atoms with Gasteiger partial charge in [-0.25, -0.2) is 4.79 Å². The average molecular weight is 310 g/mol. The van der Waals surface area contributed by atoms with E-state index in [0.29, 0.717) is 18.0 Å². The number of ether oxygens (including phenoxy) is 1. The van der Waals surface area contributed by atoms with E-state index >= 15 is 0 Å². The zero-order valence-corrected chi connectivity index (χ0v) is 12.3. The Morgan fingerprint density at radius 3 is 2.81 bits per heavy atom. The minimum absolute atomic E-state index is 0.0944. The number of carbonyl (C=O) groups is 2. The molecular formula is C13H14N2O5S. The molecule has 0 radical (unpaired) electrons. The van der Waals surface area contributed by atoms with Crippen molar-refractivity contribution in [3.63, 3.8) is 0 Å². The maximum absolute atomic E-state index is 11.7. The van der Waals surface area contributed by atoms with E-state index in [1.807, 2.05) is 6.92 Å². The molecule has 0 saturated heterocycles. The number of nitrogens with zero attached hydrogens (tertiary/aromatic N) is 1. The van der Waals surface area contributed by atoms with E-state index in [1.54, 1.807) is 19.1 Å². The van der Waals surface area contributed by atoms with Crippen molar-refractivity contribution in [1.29, 1.82) is 0 Å². The lowest BCUT2D eigenvalue weighted by Gasteiger charge is -2.04. The van der Waals surface area contributed by atoms with E-state index in [2.05, 4.69) is 10.5 Å². The van der Waals surface area contributed by atoms with Gasteiger partial charge in [-0.1, -0.05) is 12.1 Å². The Morgan fingerprint density at radius 1 is 1.48 bits per heavy atom. The van der Waals surface area contributed by atoms with Crippen molar-refractivity contribution in [2.45, 2.75) is 20.3 Å². The minimum atomic E-state index is -1.07. The summed E-state index contributed by atoms with van der Waals surface area (Å²) in [7, 11) is 0. The van der Waals surface area contributed by atoms with Gasteiger partial charge in [0.1, 0.15) is 11.5 Å². The van der Waals surface area contributed by atoms with Gasteiger partial charge < -0.3 is 19.7 Å². The fourth-order valence-corrected chi connectivity index (χ4v) is 2.48. The number of nitrogens with one attached hydrogen (secondary N) is 1. The van der Waals surface area contributed by atoms with Crippen LogP contribution >= 0.6 is 11.3 Å². The van der Waals surface area contributed by atoms with Gasteiger partial charge in [-0.05, 0) is 19.4 Å². The zero-order valence-electron chi connectivity index (χ0n) is 11.5. The van der Waals surface area contributed by atoms with Crippen LogP contribution in [0, 0.1) is 6.92 Å². The highest BCUT2D eigenvalue weighted by Gasteiger charge is 2.17. The SMILES string of the molecule is CCc1cc(OCC(=O)Nc2cc(C)on2)c(C(=O)O)s1. The molecule has 2 heterocycles. The van der Waals surface area contributed by atoms with Crippen LogP contribution in [0.1, 0.15) is 27.2 Å². The summed E-state index contributed by atoms with van der Waals surface area (Å²) in [4.78, 5) is 23.8. The molecule has 21 heavy (non-hydrogen) atoms. The van der Waals surface area contributed by atoms with Crippen molar-refractivity contribution in [1.82, 2.24) is 5.16 Å². The molecule has 0 saturated carbocycles. The summed E-state index contributed by atoms with van der Waals surface area (Å²) in [6.45, 7) is 3.32. The van der Waals surface area contributed by atoms with Crippen LogP contribution in [0.15, 0.2) is 16.7 Å². The van der Waals surface area contributed by atoms with Crippen LogP contribution in [0.25, 0.3) is 0 Å². The number of thiophene rings is 1. The number of amides is 1. The maximum Gasteiger partial charge on any atom is 0.349 e. The van der Waals surface area contributed by atoms with E-state index in [9.17, 15) is 9.59 Å². The lowest BCUT2D eigenvalue weighted by atomic mass is 10.3. The van der Waals surface area contributed by atoms with E-state index in [-0.39, 0.29) is 17.2 Å². The number of rotatable bonds is 6. The van der Waals surface area contributed by atoms with Crippen molar-refractivity contribution < 1.29 is 24.0 Å². The number of carboxylic acid groups (broad SMARTS) is 1. The Hall–Kier alpha value is -2.35. The Kier molecular flexibility index (Phi) is 4.59. The first-order valence-electron chi connectivity index (χ1n) is 6.21. The fraction of sp³-hybridized carbons (Fsp3) is 0.308. The highest BCUT2D eigenvalue weighted by molar-refractivity contribution is 7.14. The van der Waals surface area contributed by atoms with Crippen LogP contribution in [-0.2, 0) is 11.2 Å². The number of carboxylic acids is 1. The topological polar surface area (TPSA) is 102 Å². The second-order valence-corrected chi connectivity index (χ2v) is 5.36. The minimum Gasteiger partial charge on any atom is -0.482 e. The molecule has 1 amide bonds. The van der Waals surface area contributed by atoms with Crippen molar-refractivity contribution >= 4 is 29.0 Å². The fourth-order valence-electron chi connectivity index (χ4n) is 1.60. The van der Waals surface area contributed by atoms with Crippen LogP contribution in [0.3, 0.4) is 0 Å². The Labute approximate surface area is 124 Å². The van der Waals surface area contributed by atoms with Gasteiger partial charge >= 0.3 is 5.97 Å². The molecule has 2 N–H and O–H groups in total. The molecule has 0 spiro atoms. The van der Waals surface area contributed by atoms with Gasteiger partial charge in [-0.2, -0.15) is 0 Å². The first-order valence-corrected chi connectivity index (χ1v) is 7.03. The summed E-state index contributed by atoms with van der Waals surface area (Å²) in [6, 6.07) is 3.21. The first-order chi connectivity index (χ1) is 9.99. The van der Waals surface area contributed by atoms with Crippen molar-refractivity contribution in [3.05, 3.63) is 27.6 Å². The molecule has 0 unspecified atom stereocenters. The molecule has 0 bridgehead atoms. The average Bonchev–Trinajstić information content (AvgIpc) is 3.02. The lowest BCUT2D eigenvalue weighted by Crippen LogP contribution is -2.20. The quantitative estimate of drug-likeness (QED) is 0.849. The predicted octanol–water partition coefficient (Wildman–Crippen LogP) is 2.32. The predicted molar refractivity (Wildman–Crippen MR) is 76.0 cm³/mol. The van der Waals surface area contributed by atoms with Gasteiger partial charge in [-0.3, -0.25) is 4.79 Å². The number of aryl methyl sites for hydroxylation is 2. The van der Waals surface area contributed by atoms with Crippen LogP contribution in [0.2, 0.25) is 0 Å². The van der Waals surface area contributed by atoms with Gasteiger partial charge in [0.2, 0.25) is 0 Å². The number of aromatic carboxylic acids is 1. The van der Waals surface area contributed by atoms with Gasteiger partial charge in [0.15, 0.2) is 17.3 Å². The van der Waals surface area contributed by atoms with Crippen LogP contribution in [0.5, 0.6) is 5.75 Å². The molecule has 2 aromatic heterocycles. The molecule has 0 aliphatic rings. The highest BCUT2D eigenvalue weighted by Crippen LogP contribution is 2.29. The summed E-state index contributed by atoms with van der Waals surface area (Å²) in [5, 5.41) is 15.2. The normalized spacial score (nSPS) is 10.4. The molecule has 2 rings (SSSR count). The van der Waals surface area contributed by atoms with Gasteiger partial charge in [0, 0.05) is 10.9 Å². The third-order valence-corrected chi connectivity index (χ3v) is 3.79. The summed E-state index contributed by atoms with van der Waals surface area (Å²) < 4.78 is 10.1. The second-order valence-electron chi connectivity index (χ2n) is 4.22. The van der Waals surface area contributed by atoms with Crippen molar-refractivity contribution in [2.75, 3.05) is 11.9 Å². The molecule has 0 aliphatic heterocycles. The number of aromatic nitrogens is 1. The molecule has 8 heteroatoms. The Bertz CT molecular complexity index is 661. The summed E-state index contributed by atoms with van der Waals surface area (Å²) >= 11 is 1.14. The summed E-state index contributed by atoms with van der Waals surface area (Å²) in [5.74, 6) is -0.439. The number of anilines is 1. The monoisotopic (exact) mass is 310 g/mol. The number of carbonyl (C=O) groups excluding carboxylic acids is 1. The molecule has 7 nitrogen and oxygen atoms in total. The molecule has 112 valence electrons. The zero-order chi connectivity index (χ0) is 15.4. The second kappa shape index (κ2) is 6.40. The van der Waals surface area contributed by atoms with E-state index in [4.69, 9.17) is 14.4 Å². The van der Waals surface area contributed by atoms with E-state index < -0.39 is 11.9 Å². The van der Waals surface area contributed by atoms with Crippen LogP contribution in [0.4, 0.5) is 5.82 Å². The van der Waals surface area contributed by atoms with Gasteiger partial charge in [0.25, 0.3) is 5.91 Å². The maximum atomic E-state index is 11.7. The van der Waals surface area contributed by atoms with E-state index in [0.717, 1.165) is 16.2 Å². The summed E-state index contributed by atoms with van der Waals surface area (Å²) in [5.41, 5.74) is 0. The molecule has 0 aliphatic carbocycles. The van der Waals surface area contributed by atoms with E-state index in [1.165, 1.54) is 0 Å². The molecule has 2 aromatic rings. The largest absolute Gasteiger partial charge is 0.482 e. The smallest absolute Gasteiger partial charge is 0.349 e. The standard InChI is InChI=1S/C13H14N2O5S/c1-3-8-5-9(12(21-8)13(17)18)19-6-11(16)14-10-4-7(2)20-15-10/h4-5H,3,6H2,1-2H3,(H,17,18)(H,14,15,16). The molecular weight excluding hydrogens is 296 g/mol. The Morgan fingerprint density at radius 2 is 2.24 bits per heavy atom. The summed E-state index contributed by atoms with van der Waals surface area (Å²) in [6.07, 6.45) is 0.707. The molecule has 0 atom stereocenters. The first kappa shape index (κ1) is 15.0. The van der Waals surface area contributed by atoms with Crippen molar-refractivity contribution in [2.24, 2.45) is 0 Å². The number of hydrogen-bond donors (Lipinski definition) is 2.